The Morgan fingerprint density at radius 2 is 2.09 bits per heavy atom. The molecule has 1 heterocycles. The van der Waals surface area contributed by atoms with E-state index in [4.69, 9.17) is 0 Å². The van der Waals surface area contributed by atoms with Crippen LogP contribution in [-0.2, 0) is 4.79 Å². The molecule has 1 aromatic carbocycles. The summed E-state index contributed by atoms with van der Waals surface area (Å²) in [6, 6.07) is 3.69. The molecule has 0 radical (unpaired) electrons. The van der Waals surface area contributed by atoms with Gasteiger partial charge in [-0.15, -0.1) is 0 Å². The van der Waals surface area contributed by atoms with Gasteiger partial charge < -0.3 is 15.3 Å². The largest absolute Gasteiger partial charge is 0.505 e. The standard InChI is InChI=1S/C16H19FN2O3/c1-19(16(22)9-2-3-13(17)14(20)6-9)12-4-10-7-15(21)18-8-11(10)5-12/h2-3,6,10-12,20H,4-5,7-8H2,1H3,(H,18,21)/t10-,11+,12-/m1/s1. The minimum Gasteiger partial charge on any atom is -0.505 e. The predicted octanol–water partition coefficient (Wildman–Crippen LogP) is 1.52. The van der Waals surface area contributed by atoms with E-state index in [1.165, 1.54) is 6.07 Å². The van der Waals surface area contributed by atoms with E-state index >= 15 is 0 Å². The van der Waals surface area contributed by atoms with Crippen LogP contribution in [0.25, 0.3) is 0 Å². The van der Waals surface area contributed by atoms with E-state index in [2.05, 4.69) is 5.32 Å². The Morgan fingerprint density at radius 3 is 2.82 bits per heavy atom. The van der Waals surface area contributed by atoms with E-state index in [-0.39, 0.29) is 23.4 Å². The van der Waals surface area contributed by atoms with Crippen LogP contribution in [0.1, 0.15) is 29.6 Å². The third-order valence-electron chi connectivity index (χ3n) is 4.89. The fourth-order valence-corrected chi connectivity index (χ4v) is 3.57. The molecular weight excluding hydrogens is 287 g/mol. The molecule has 1 saturated heterocycles. The number of nitrogens with one attached hydrogen (secondary N) is 1. The summed E-state index contributed by atoms with van der Waals surface area (Å²) in [6.07, 6.45) is 2.20. The highest BCUT2D eigenvalue weighted by atomic mass is 19.1. The number of phenolic OH excluding ortho intramolecular Hbond substituents is 1. The van der Waals surface area contributed by atoms with E-state index in [9.17, 15) is 19.1 Å². The van der Waals surface area contributed by atoms with Crippen LogP contribution in [0.2, 0.25) is 0 Å². The van der Waals surface area contributed by atoms with Crippen LogP contribution in [0.15, 0.2) is 18.2 Å². The van der Waals surface area contributed by atoms with Crippen LogP contribution < -0.4 is 5.32 Å². The van der Waals surface area contributed by atoms with E-state index in [1.54, 1.807) is 11.9 Å². The van der Waals surface area contributed by atoms with Gasteiger partial charge in [-0.25, -0.2) is 4.39 Å². The van der Waals surface area contributed by atoms with Gasteiger partial charge in [0.15, 0.2) is 11.6 Å². The maximum absolute atomic E-state index is 13.1. The number of carbonyl (C=O) groups is 2. The summed E-state index contributed by atoms with van der Waals surface area (Å²) in [7, 11) is 1.72. The van der Waals surface area contributed by atoms with Crippen molar-refractivity contribution < 1.29 is 19.1 Å². The third kappa shape index (κ3) is 2.65. The number of hydrogen-bond donors (Lipinski definition) is 2. The molecule has 2 N–H and O–H groups in total. The number of nitrogens with zero attached hydrogens (tertiary/aromatic N) is 1. The van der Waals surface area contributed by atoms with Crippen LogP contribution in [0.3, 0.4) is 0 Å². The Kier molecular flexibility index (Phi) is 3.76. The van der Waals surface area contributed by atoms with Crippen LogP contribution >= 0.6 is 0 Å². The van der Waals surface area contributed by atoms with Crippen molar-refractivity contribution in [2.75, 3.05) is 13.6 Å². The molecule has 22 heavy (non-hydrogen) atoms. The number of aromatic hydroxyl groups is 1. The first-order valence-corrected chi connectivity index (χ1v) is 7.48. The Hall–Kier alpha value is -2.11. The minimum atomic E-state index is -0.740. The zero-order chi connectivity index (χ0) is 15.9. The predicted molar refractivity (Wildman–Crippen MR) is 77.8 cm³/mol. The number of hydrogen-bond acceptors (Lipinski definition) is 3. The quantitative estimate of drug-likeness (QED) is 0.870. The monoisotopic (exact) mass is 306 g/mol. The molecule has 5 nitrogen and oxygen atoms in total. The maximum Gasteiger partial charge on any atom is 0.253 e. The lowest BCUT2D eigenvalue weighted by atomic mass is 9.89. The summed E-state index contributed by atoms with van der Waals surface area (Å²) in [5, 5.41) is 12.3. The molecule has 3 rings (SSSR count). The summed E-state index contributed by atoms with van der Waals surface area (Å²) in [6.45, 7) is 0.680. The van der Waals surface area contributed by atoms with E-state index in [1.807, 2.05) is 0 Å². The molecule has 1 aliphatic heterocycles. The molecule has 6 heteroatoms. The fraction of sp³-hybridized carbons (Fsp3) is 0.500. The van der Waals surface area contributed by atoms with Crippen molar-refractivity contribution in [3.8, 4) is 5.75 Å². The van der Waals surface area contributed by atoms with E-state index < -0.39 is 11.6 Å². The highest BCUT2D eigenvalue weighted by Crippen LogP contribution is 2.38. The van der Waals surface area contributed by atoms with Crippen LogP contribution in [0.5, 0.6) is 5.75 Å². The first-order valence-electron chi connectivity index (χ1n) is 7.48. The van der Waals surface area contributed by atoms with Crippen molar-refractivity contribution in [3.05, 3.63) is 29.6 Å². The Bertz CT molecular complexity index is 619. The number of carbonyl (C=O) groups excluding carboxylic acids is 2. The van der Waals surface area contributed by atoms with Crippen molar-refractivity contribution in [2.45, 2.75) is 25.3 Å². The Balaban J connectivity index is 1.71. The minimum absolute atomic E-state index is 0.0717. The fourth-order valence-electron chi connectivity index (χ4n) is 3.57. The number of halogens is 1. The van der Waals surface area contributed by atoms with Gasteiger partial charge in [-0.3, -0.25) is 9.59 Å². The lowest BCUT2D eigenvalue weighted by Gasteiger charge is -2.25. The van der Waals surface area contributed by atoms with E-state index in [0.717, 1.165) is 25.0 Å². The van der Waals surface area contributed by atoms with Crippen molar-refractivity contribution >= 4 is 11.8 Å². The third-order valence-corrected chi connectivity index (χ3v) is 4.89. The van der Waals surface area contributed by atoms with Gasteiger partial charge in [0.25, 0.3) is 5.91 Å². The summed E-state index contributed by atoms with van der Waals surface area (Å²) >= 11 is 0. The highest BCUT2D eigenvalue weighted by molar-refractivity contribution is 5.94. The van der Waals surface area contributed by atoms with Crippen molar-refractivity contribution in [1.82, 2.24) is 10.2 Å². The lowest BCUT2D eigenvalue weighted by Crippen LogP contribution is -2.38. The zero-order valence-corrected chi connectivity index (χ0v) is 12.4. The van der Waals surface area contributed by atoms with E-state index in [0.29, 0.717) is 24.8 Å². The number of rotatable bonds is 2. The van der Waals surface area contributed by atoms with Crippen molar-refractivity contribution in [1.29, 1.82) is 0 Å². The normalized spacial score (nSPS) is 27.2. The molecule has 118 valence electrons. The van der Waals surface area contributed by atoms with Crippen LogP contribution in [-0.4, -0.2) is 41.5 Å². The smallest absolute Gasteiger partial charge is 0.253 e. The van der Waals surface area contributed by atoms with Crippen molar-refractivity contribution in [3.63, 3.8) is 0 Å². The summed E-state index contributed by atoms with van der Waals surface area (Å²) < 4.78 is 13.1. The SMILES string of the molecule is CN(C(=O)c1ccc(F)c(O)c1)[C@H]1C[C@H]2CNC(=O)C[C@H]2C1. The van der Waals surface area contributed by atoms with Gasteiger partial charge in [0, 0.05) is 31.6 Å². The van der Waals surface area contributed by atoms with Gasteiger partial charge in [-0.05, 0) is 42.9 Å². The molecule has 0 aromatic heterocycles. The molecule has 2 fully saturated rings. The van der Waals surface area contributed by atoms with Gasteiger partial charge in [0.1, 0.15) is 0 Å². The first kappa shape index (κ1) is 14.8. The van der Waals surface area contributed by atoms with Crippen LogP contribution in [0, 0.1) is 17.7 Å². The second kappa shape index (κ2) is 5.59. The van der Waals surface area contributed by atoms with Crippen LogP contribution in [0.4, 0.5) is 4.39 Å². The lowest BCUT2D eigenvalue weighted by molar-refractivity contribution is -0.124. The Labute approximate surface area is 128 Å². The second-order valence-electron chi connectivity index (χ2n) is 6.24. The topological polar surface area (TPSA) is 69.6 Å². The molecular formula is C16H19FN2O3. The summed E-state index contributed by atoms with van der Waals surface area (Å²) in [4.78, 5) is 25.6. The second-order valence-corrected chi connectivity index (χ2v) is 6.24. The molecule has 1 saturated carbocycles. The van der Waals surface area contributed by atoms with Gasteiger partial charge in [0.05, 0.1) is 0 Å². The Morgan fingerprint density at radius 1 is 1.36 bits per heavy atom. The summed E-state index contributed by atoms with van der Waals surface area (Å²) in [5.74, 6) is -0.669. The highest BCUT2D eigenvalue weighted by Gasteiger charge is 2.40. The number of phenols is 1. The van der Waals surface area contributed by atoms with Gasteiger partial charge in [-0.1, -0.05) is 0 Å². The molecule has 1 aromatic rings. The number of amides is 2. The van der Waals surface area contributed by atoms with Gasteiger partial charge in [0.2, 0.25) is 5.91 Å². The molecule has 0 bridgehead atoms. The van der Waals surface area contributed by atoms with Gasteiger partial charge >= 0.3 is 0 Å². The maximum atomic E-state index is 13.1. The molecule has 0 unspecified atom stereocenters. The number of fused-ring (bicyclic) bond motifs is 1. The molecule has 3 atom stereocenters. The summed E-state index contributed by atoms with van der Waals surface area (Å²) in [5.41, 5.74) is 0.269. The van der Waals surface area contributed by atoms with Gasteiger partial charge in [-0.2, -0.15) is 0 Å². The average Bonchev–Trinajstić information content (AvgIpc) is 2.91. The molecule has 1 aliphatic carbocycles. The molecule has 2 aliphatic rings. The first-order chi connectivity index (χ1) is 10.5. The molecule has 0 spiro atoms. The zero-order valence-electron chi connectivity index (χ0n) is 12.4. The van der Waals surface area contributed by atoms with Crippen molar-refractivity contribution in [2.24, 2.45) is 11.8 Å². The number of benzene rings is 1. The molecule has 2 amide bonds. The average molecular weight is 306 g/mol. The number of piperidine rings is 1.